The van der Waals surface area contributed by atoms with Gasteiger partial charge in [-0.15, -0.1) is 0 Å². The van der Waals surface area contributed by atoms with Gasteiger partial charge >= 0.3 is 0 Å². The first-order chi connectivity index (χ1) is 8.54. The van der Waals surface area contributed by atoms with Gasteiger partial charge in [-0.25, -0.2) is 0 Å². The van der Waals surface area contributed by atoms with E-state index >= 15 is 0 Å². The monoisotopic (exact) mass is 186 g/mol. The van der Waals surface area contributed by atoms with Crippen molar-refractivity contribution >= 4 is 0 Å². The summed E-state index contributed by atoms with van der Waals surface area (Å²) < 4.78 is 48.2. The quantitative estimate of drug-likeness (QED) is 0.762. The van der Waals surface area contributed by atoms with E-state index in [2.05, 4.69) is 0 Å². The second-order valence-corrected chi connectivity index (χ2v) is 2.54. The Balaban J connectivity index is 2.62. The van der Waals surface area contributed by atoms with E-state index in [0.29, 0.717) is 5.56 Å². The van der Waals surface area contributed by atoms with Gasteiger partial charge in [0.1, 0.15) is 0 Å². The molecule has 0 aliphatic rings. The number of aliphatic hydroxyl groups is 1. The lowest BCUT2D eigenvalue weighted by Gasteiger charge is -2.05. The van der Waals surface area contributed by atoms with Crippen molar-refractivity contribution in [1.29, 1.82) is 0 Å². The number of rotatable bonds is 5. The molecule has 0 amide bonds. The lowest BCUT2D eigenvalue weighted by Crippen LogP contribution is -2.05. The molecule has 1 aromatic rings. The third kappa shape index (κ3) is 4.65. The summed E-state index contributed by atoms with van der Waals surface area (Å²) in [5, 5.41) is 9.47. The number of ether oxygens (including phenoxy) is 1. The summed E-state index contributed by atoms with van der Waals surface area (Å²) in [6, 6.07) is 8.78. The Kier molecular flexibility index (Phi) is 2.02. The van der Waals surface area contributed by atoms with E-state index in [1.165, 1.54) is 0 Å². The van der Waals surface area contributed by atoms with Gasteiger partial charge in [-0.3, -0.25) is 0 Å². The molecule has 1 aromatic carbocycles. The highest BCUT2D eigenvalue weighted by Gasteiger charge is 1.95. The zero-order valence-corrected chi connectivity index (χ0v) is 7.16. The molecule has 0 aliphatic carbocycles. The Hall–Kier alpha value is -0.860. The van der Waals surface area contributed by atoms with Crippen LogP contribution in [0.15, 0.2) is 30.3 Å². The molecule has 0 heterocycles. The number of hydrogen-bond donors (Lipinski definition) is 1. The Morgan fingerprint density at radius 1 is 1.62 bits per heavy atom. The fourth-order valence-corrected chi connectivity index (χ4v) is 0.828. The summed E-state index contributed by atoms with van der Waals surface area (Å²) in [4.78, 5) is 0. The molecule has 2 heteroatoms. The lowest BCUT2D eigenvalue weighted by molar-refractivity contribution is 0.0801. The van der Waals surface area contributed by atoms with Gasteiger partial charge in [0, 0.05) is 10.7 Å². The minimum absolute atomic E-state index is 0.0646. The molecule has 0 fully saturated rings. The summed E-state index contributed by atoms with van der Waals surface area (Å²) in [7, 11) is 0. The summed E-state index contributed by atoms with van der Waals surface area (Å²) in [6.07, 6.45) is -3.84. The van der Waals surface area contributed by atoms with Gasteiger partial charge in [0.05, 0.1) is 16.8 Å². The molecule has 0 spiro atoms. The van der Waals surface area contributed by atoms with E-state index in [4.69, 9.17) is 13.0 Å². The third-order valence-corrected chi connectivity index (χ3v) is 1.42. The fraction of sp³-hybridized carbons (Fsp3) is 0.455. The normalized spacial score (nSPS) is 24.1. The predicted octanol–water partition coefficient (Wildman–Crippen LogP) is 1.97. The van der Waals surface area contributed by atoms with Crippen LogP contribution < -0.4 is 0 Å². The first kappa shape index (κ1) is 4.58. The van der Waals surface area contributed by atoms with Crippen molar-refractivity contribution in [1.82, 2.24) is 0 Å². The first-order valence-electron chi connectivity index (χ1n) is 6.94. The molecular formula is C11H16O2. The number of benzene rings is 1. The average molecular weight is 186 g/mol. The highest BCUT2D eigenvalue weighted by molar-refractivity contribution is 5.13. The van der Waals surface area contributed by atoms with Crippen molar-refractivity contribution < 1.29 is 18.1 Å². The van der Waals surface area contributed by atoms with Gasteiger partial charge in [0.25, 0.3) is 0 Å². The second-order valence-electron chi connectivity index (χ2n) is 2.54. The first-order valence-corrected chi connectivity index (χ1v) is 3.94. The average Bonchev–Trinajstić information content (AvgIpc) is 2.25. The summed E-state index contributed by atoms with van der Waals surface area (Å²) >= 11 is 0. The fourth-order valence-electron chi connectivity index (χ4n) is 0.828. The van der Waals surface area contributed by atoms with Crippen molar-refractivity contribution in [2.24, 2.45) is 0 Å². The molecular weight excluding hydrogens is 164 g/mol. The van der Waals surface area contributed by atoms with E-state index in [1.54, 1.807) is 30.3 Å². The minimum atomic E-state index is -2.99. The molecule has 2 nitrogen and oxygen atoms in total. The van der Waals surface area contributed by atoms with Crippen LogP contribution in [0, 0.1) is 0 Å². The molecule has 0 aromatic heterocycles. The van der Waals surface area contributed by atoms with E-state index in [0.717, 1.165) is 0 Å². The minimum Gasteiger partial charge on any atom is -0.393 e. The van der Waals surface area contributed by atoms with E-state index in [1.807, 2.05) is 0 Å². The molecule has 0 saturated carbocycles. The van der Waals surface area contributed by atoms with Crippen LogP contribution in [0.4, 0.5) is 0 Å². The molecule has 0 radical (unpaired) electrons. The largest absolute Gasteiger partial charge is 0.393 e. The van der Waals surface area contributed by atoms with Gasteiger partial charge in [0.2, 0.25) is 0 Å². The van der Waals surface area contributed by atoms with Gasteiger partial charge in [0.15, 0.2) is 0 Å². The standard InChI is InChI=1S/C11H16O2/c1-10(12)7-8-13-9-11-5-3-2-4-6-11/h2-6,10,12H,7-9H2,1H3/i1D3,8D2,10D. The van der Waals surface area contributed by atoms with Gasteiger partial charge < -0.3 is 9.84 Å². The maximum absolute atomic E-state index is 9.47. The maximum atomic E-state index is 9.47. The summed E-state index contributed by atoms with van der Waals surface area (Å²) in [5.74, 6) is 0. The maximum Gasteiger partial charge on any atom is 0.0716 e. The van der Waals surface area contributed by atoms with Crippen LogP contribution in [-0.2, 0) is 11.3 Å². The Morgan fingerprint density at radius 2 is 2.38 bits per heavy atom. The Bertz CT molecular complexity index is 401. The molecule has 0 bridgehead atoms. The van der Waals surface area contributed by atoms with Crippen molar-refractivity contribution in [2.45, 2.75) is 26.0 Å². The smallest absolute Gasteiger partial charge is 0.0716 e. The van der Waals surface area contributed by atoms with Crippen molar-refractivity contribution in [2.75, 3.05) is 6.56 Å². The molecule has 0 saturated heterocycles. The molecule has 13 heavy (non-hydrogen) atoms. The topological polar surface area (TPSA) is 29.5 Å². The van der Waals surface area contributed by atoms with Crippen LogP contribution in [-0.4, -0.2) is 17.7 Å². The van der Waals surface area contributed by atoms with Crippen LogP contribution in [0.2, 0.25) is 0 Å². The Labute approximate surface area is 87.6 Å². The third-order valence-electron chi connectivity index (χ3n) is 1.42. The van der Waals surface area contributed by atoms with Crippen molar-refractivity contribution in [3.8, 4) is 0 Å². The predicted molar refractivity (Wildman–Crippen MR) is 52.4 cm³/mol. The van der Waals surface area contributed by atoms with Crippen LogP contribution in [0.25, 0.3) is 0 Å². The van der Waals surface area contributed by atoms with Crippen molar-refractivity contribution in [3.63, 3.8) is 0 Å². The van der Waals surface area contributed by atoms with Crippen molar-refractivity contribution in [3.05, 3.63) is 35.9 Å². The van der Waals surface area contributed by atoms with E-state index in [-0.39, 0.29) is 6.61 Å². The van der Waals surface area contributed by atoms with Gasteiger partial charge in [-0.05, 0) is 18.8 Å². The second kappa shape index (κ2) is 5.73. The van der Waals surface area contributed by atoms with Crippen LogP contribution >= 0.6 is 0 Å². The zero-order chi connectivity index (χ0) is 14.7. The Morgan fingerprint density at radius 3 is 3.08 bits per heavy atom. The molecule has 1 unspecified atom stereocenters. The van der Waals surface area contributed by atoms with E-state index in [9.17, 15) is 5.11 Å². The molecule has 1 atom stereocenters. The van der Waals surface area contributed by atoms with Crippen LogP contribution in [0.5, 0.6) is 0 Å². The lowest BCUT2D eigenvalue weighted by atomic mass is 10.2. The molecule has 1 N–H and O–H groups in total. The van der Waals surface area contributed by atoms with Crippen LogP contribution in [0.3, 0.4) is 0 Å². The summed E-state index contributed by atoms with van der Waals surface area (Å²) in [5.41, 5.74) is 0.716. The molecule has 0 aliphatic heterocycles. The summed E-state index contributed by atoms with van der Waals surface area (Å²) in [6.45, 7) is -5.46. The highest BCUT2D eigenvalue weighted by Crippen LogP contribution is 2.01. The molecule has 1 rings (SSSR count). The SMILES string of the molecule is [2H]C([2H])(CC([2H])(O)C([2H])([2H])[2H])OCc1ccccc1. The molecule has 72 valence electrons. The highest BCUT2D eigenvalue weighted by atomic mass is 16.5. The van der Waals surface area contributed by atoms with Crippen LogP contribution in [0.1, 0.15) is 27.1 Å². The van der Waals surface area contributed by atoms with Gasteiger partial charge in [-0.2, -0.15) is 0 Å². The number of hydrogen-bond acceptors (Lipinski definition) is 2. The van der Waals surface area contributed by atoms with E-state index < -0.39 is 25.9 Å². The zero-order valence-electron chi connectivity index (χ0n) is 13.2. The van der Waals surface area contributed by atoms with Gasteiger partial charge in [-0.1, -0.05) is 30.3 Å².